The van der Waals surface area contributed by atoms with Gasteiger partial charge in [-0.2, -0.15) is 5.10 Å². The van der Waals surface area contributed by atoms with Crippen molar-refractivity contribution in [3.8, 4) is 0 Å². The number of nitro benzene ring substituents is 1. The van der Waals surface area contributed by atoms with Gasteiger partial charge in [0.1, 0.15) is 0 Å². The Balaban J connectivity index is 2.38. The van der Waals surface area contributed by atoms with Gasteiger partial charge in [0.15, 0.2) is 5.82 Å². The largest absolute Gasteiger partial charge is 0.342 e. The second-order valence-electron chi connectivity index (χ2n) is 5.37. The van der Waals surface area contributed by atoms with E-state index in [0.29, 0.717) is 16.7 Å². The second-order valence-corrected chi connectivity index (χ2v) is 5.37. The van der Waals surface area contributed by atoms with Crippen LogP contribution in [0.1, 0.15) is 45.8 Å². The van der Waals surface area contributed by atoms with Crippen LogP contribution in [0.3, 0.4) is 0 Å². The number of carbonyl (C=O) groups is 1. The van der Waals surface area contributed by atoms with Gasteiger partial charge in [-0.3, -0.25) is 19.9 Å². The van der Waals surface area contributed by atoms with Crippen LogP contribution in [-0.2, 0) is 0 Å². The molecule has 1 aromatic carbocycles. The molecule has 0 aliphatic carbocycles. The minimum absolute atomic E-state index is 0.0680. The van der Waals surface area contributed by atoms with E-state index in [0.717, 1.165) is 0 Å². The number of nitrogens with one attached hydrogen (secondary N) is 3. The summed E-state index contributed by atoms with van der Waals surface area (Å²) in [5.41, 5.74) is 1.18. The molecule has 0 radical (unpaired) electrons. The zero-order chi connectivity index (χ0) is 17.3. The third-order valence-corrected chi connectivity index (χ3v) is 3.62. The Kier molecular flexibility index (Phi) is 4.30. The van der Waals surface area contributed by atoms with Crippen LogP contribution in [0.15, 0.2) is 10.9 Å². The summed E-state index contributed by atoms with van der Waals surface area (Å²) in [7, 11) is 0. The van der Waals surface area contributed by atoms with Crippen molar-refractivity contribution in [2.75, 3.05) is 0 Å². The number of hydrogen-bond acceptors (Lipinski definition) is 5. The fourth-order valence-corrected chi connectivity index (χ4v) is 2.63. The summed E-state index contributed by atoms with van der Waals surface area (Å²) in [4.78, 5) is 36.7. The highest BCUT2D eigenvalue weighted by molar-refractivity contribution is 5.98. The number of aromatic amines is 2. The third-order valence-electron chi connectivity index (χ3n) is 3.62. The summed E-state index contributed by atoms with van der Waals surface area (Å²) >= 11 is 0. The van der Waals surface area contributed by atoms with Crippen molar-refractivity contribution < 1.29 is 9.72 Å². The zero-order valence-corrected chi connectivity index (χ0v) is 13.2. The second kappa shape index (κ2) is 6.03. The van der Waals surface area contributed by atoms with E-state index in [1.54, 1.807) is 33.8 Å². The average molecular weight is 319 g/mol. The minimum Gasteiger partial charge on any atom is -0.342 e. The minimum atomic E-state index is -0.555. The summed E-state index contributed by atoms with van der Waals surface area (Å²) in [5.74, 6) is -0.181. The van der Waals surface area contributed by atoms with E-state index in [1.165, 1.54) is 0 Å². The Morgan fingerprint density at radius 1 is 1.35 bits per heavy atom. The summed E-state index contributed by atoms with van der Waals surface area (Å²) in [6.07, 6.45) is 0. The summed E-state index contributed by atoms with van der Waals surface area (Å²) in [6.45, 7) is 6.56. The molecule has 1 unspecified atom stereocenters. The van der Waals surface area contributed by atoms with E-state index in [-0.39, 0.29) is 17.1 Å². The molecule has 3 N–H and O–H groups in total. The van der Waals surface area contributed by atoms with Crippen LogP contribution in [0.4, 0.5) is 5.69 Å². The SMILES string of the molecule is Cc1cc(C)c([N+](=O)[O-])c(C)c1C(=O)NC(C)c1n[nH]c(=O)[nH]1. The standard InChI is InChI=1S/C14H17N5O4/c1-6-5-7(2)11(19(22)23)8(3)10(6)13(20)15-9(4)12-16-14(21)18-17-12/h5,9H,1-4H3,(H,15,20)(H2,16,17,18,21). The van der Waals surface area contributed by atoms with Crippen LogP contribution in [0, 0.1) is 30.9 Å². The van der Waals surface area contributed by atoms with Crippen LogP contribution in [-0.4, -0.2) is 26.0 Å². The molecule has 23 heavy (non-hydrogen) atoms. The highest BCUT2D eigenvalue weighted by Gasteiger charge is 2.25. The lowest BCUT2D eigenvalue weighted by Gasteiger charge is -2.15. The van der Waals surface area contributed by atoms with Crippen molar-refractivity contribution in [3.63, 3.8) is 0 Å². The Bertz CT molecular complexity index is 836. The molecule has 0 aliphatic rings. The number of nitro groups is 1. The van der Waals surface area contributed by atoms with Crippen molar-refractivity contribution in [2.24, 2.45) is 0 Å². The first-order chi connectivity index (χ1) is 10.7. The van der Waals surface area contributed by atoms with Gasteiger partial charge in [0.2, 0.25) is 0 Å². The molecule has 2 rings (SSSR count). The summed E-state index contributed by atoms with van der Waals surface area (Å²) in [5, 5.41) is 19.8. The maximum absolute atomic E-state index is 12.5. The zero-order valence-electron chi connectivity index (χ0n) is 13.2. The number of amides is 1. The number of H-pyrrole nitrogens is 2. The van der Waals surface area contributed by atoms with Crippen LogP contribution < -0.4 is 11.0 Å². The predicted molar refractivity (Wildman–Crippen MR) is 82.4 cm³/mol. The lowest BCUT2D eigenvalue weighted by atomic mass is 9.96. The van der Waals surface area contributed by atoms with Crippen LogP contribution in [0.2, 0.25) is 0 Å². The van der Waals surface area contributed by atoms with Gasteiger partial charge in [0.05, 0.1) is 16.5 Å². The van der Waals surface area contributed by atoms with Gasteiger partial charge < -0.3 is 5.32 Å². The molecule has 0 fully saturated rings. The molecule has 0 saturated carbocycles. The Hall–Kier alpha value is -2.97. The van der Waals surface area contributed by atoms with Gasteiger partial charge in [-0.15, -0.1) is 0 Å². The summed E-state index contributed by atoms with van der Waals surface area (Å²) in [6, 6.07) is 1.06. The van der Waals surface area contributed by atoms with Crippen molar-refractivity contribution in [2.45, 2.75) is 33.7 Å². The van der Waals surface area contributed by atoms with Gasteiger partial charge in [-0.1, -0.05) is 0 Å². The molecular formula is C14H17N5O4. The molecule has 0 bridgehead atoms. The van der Waals surface area contributed by atoms with Gasteiger partial charge in [-0.25, -0.2) is 9.89 Å². The Labute approximate surface area is 131 Å². The maximum atomic E-state index is 12.5. The molecule has 0 aliphatic heterocycles. The maximum Gasteiger partial charge on any atom is 0.340 e. The van der Waals surface area contributed by atoms with E-state index in [9.17, 15) is 19.7 Å². The number of aryl methyl sites for hydroxylation is 2. The highest BCUT2D eigenvalue weighted by Crippen LogP contribution is 2.29. The van der Waals surface area contributed by atoms with E-state index < -0.39 is 22.6 Å². The first-order valence-electron chi connectivity index (χ1n) is 6.93. The van der Waals surface area contributed by atoms with Gasteiger partial charge in [0.25, 0.3) is 11.6 Å². The van der Waals surface area contributed by atoms with Crippen LogP contribution in [0.5, 0.6) is 0 Å². The molecule has 9 heteroatoms. The highest BCUT2D eigenvalue weighted by atomic mass is 16.6. The number of carbonyl (C=O) groups excluding carboxylic acids is 1. The summed E-state index contributed by atoms with van der Waals surface area (Å²) < 4.78 is 0. The third kappa shape index (κ3) is 3.12. The molecule has 122 valence electrons. The number of nitrogens with zero attached hydrogens (tertiary/aromatic N) is 2. The number of benzene rings is 1. The Morgan fingerprint density at radius 3 is 2.52 bits per heavy atom. The number of hydrogen-bond donors (Lipinski definition) is 3. The number of rotatable bonds is 4. The van der Waals surface area contributed by atoms with Gasteiger partial charge in [-0.05, 0) is 39.3 Å². The van der Waals surface area contributed by atoms with Gasteiger partial charge in [0, 0.05) is 11.1 Å². The van der Waals surface area contributed by atoms with Crippen molar-refractivity contribution in [1.82, 2.24) is 20.5 Å². The van der Waals surface area contributed by atoms with Gasteiger partial charge >= 0.3 is 5.69 Å². The van der Waals surface area contributed by atoms with Crippen molar-refractivity contribution in [1.29, 1.82) is 0 Å². The molecule has 1 atom stereocenters. The van der Waals surface area contributed by atoms with Crippen LogP contribution in [0.25, 0.3) is 0 Å². The lowest BCUT2D eigenvalue weighted by molar-refractivity contribution is -0.386. The quantitative estimate of drug-likeness (QED) is 0.579. The lowest BCUT2D eigenvalue weighted by Crippen LogP contribution is -2.29. The van der Waals surface area contributed by atoms with Crippen molar-refractivity contribution in [3.05, 3.63) is 54.7 Å². The average Bonchev–Trinajstić information content (AvgIpc) is 2.84. The van der Waals surface area contributed by atoms with Crippen LogP contribution >= 0.6 is 0 Å². The molecule has 1 amide bonds. The fourth-order valence-electron chi connectivity index (χ4n) is 2.63. The molecule has 0 spiro atoms. The molecule has 0 saturated heterocycles. The Morgan fingerprint density at radius 2 is 2.00 bits per heavy atom. The molecule has 2 aromatic rings. The first-order valence-corrected chi connectivity index (χ1v) is 6.93. The smallest absolute Gasteiger partial charge is 0.340 e. The normalized spacial score (nSPS) is 12.0. The topological polar surface area (TPSA) is 134 Å². The molecular weight excluding hydrogens is 302 g/mol. The predicted octanol–water partition coefficient (Wildman–Crippen LogP) is 1.42. The van der Waals surface area contributed by atoms with E-state index in [2.05, 4.69) is 20.5 Å². The monoisotopic (exact) mass is 319 g/mol. The molecule has 9 nitrogen and oxygen atoms in total. The van der Waals surface area contributed by atoms with E-state index >= 15 is 0 Å². The number of aromatic nitrogens is 3. The molecule has 1 aromatic heterocycles. The fraction of sp³-hybridized carbons (Fsp3) is 0.357. The van der Waals surface area contributed by atoms with E-state index in [1.807, 2.05) is 0 Å². The van der Waals surface area contributed by atoms with Crippen molar-refractivity contribution >= 4 is 11.6 Å². The first kappa shape index (κ1) is 16.4. The van der Waals surface area contributed by atoms with E-state index in [4.69, 9.17) is 0 Å². The molecule has 1 heterocycles.